The Morgan fingerprint density at radius 3 is 2.85 bits per heavy atom. The minimum atomic E-state index is 0.807. The van der Waals surface area contributed by atoms with Gasteiger partial charge in [-0.05, 0) is 84.8 Å². The largest absolute Gasteiger partial charge is 0.492 e. The van der Waals surface area contributed by atoms with Crippen LogP contribution in [-0.2, 0) is 0 Å². The topological polar surface area (TPSA) is 12.5 Å². The van der Waals surface area contributed by atoms with Gasteiger partial charge in [-0.25, -0.2) is 0 Å². The molecule has 0 bridgehead atoms. The molecule has 3 rings (SSSR count). The van der Waals surface area contributed by atoms with Gasteiger partial charge in [-0.3, -0.25) is 0 Å². The lowest BCUT2D eigenvalue weighted by atomic mass is 10.2. The van der Waals surface area contributed by atoms with Crippen molar-refractivity contribution in [3.8, 4) is 5.75 Å². The Hall–Kier alpha value is -0.580. The van der Waals surface area contributed by atoms with Gasteiger partial charge in [0.25, 0.3) is 0 Å². The van der Waals surface area contributed by atoms with Gasteiger partial charge in [-0.2, -0.15) is 0 Å². The van der Waals surface area contributed by atoms with Crippen LogP contribution in [0.2, 0.25) is 0 Å². The highest BCUT2D eigenvalue weighted by Crippen LogP contribution is 2.36. The lowest BCUT2D eigenvalue weighted by molar-refractivity contribution is 0.281. The van der Waals surface area contributed by atoms with Gasteiger partial charge in [0.05, 0.1) is 11.1 Å². The summed E-state index contributed by atoms with van der Waals surface area (Å²) in [6.45, 7) is 4.62. The molecule has 108 valence electrons. The number of ether oxygens (including phenoxy) is 1. The van der Waals surface area contributed by atoms with Crippen LogP contribution >= 0.6 is 27.3 Å². The SMILES string of the molecule is Brc1ccc2sccc2c1OCCCCN1CCCC1. The number of hydrogen-bond acceptors (Lipinski definition) is 3. The number of fused-ring (bicyclic) bond motifs is 1. The first-order chi connectivity index (χ1) is 9.84. The predicted octanol–water partition coefficient (Wildman–Crippen LogP) is 4.92. The van der Waals surface area contributed by atoms with Crippen molar-refractivity contribution in [1.29, 1.82) is 0 Å². The average Bonchev–Trinajstić information content (AvgIpc) is 3.11. The number of unbranched alkanes of at least 4 members (excludes halogenated alkanes) is 1. The third-order valence-corrected chi connectivity index (χ3v) is 5.36. The van der Waals surface area contributed by atoms with Crippen LogP contribution < -0.4 is 4.74 Å². The Kier molecular flexibility index (Phi) is 4.97. The number of nitrogens with zero attached hydrogens (tertiary/aromatic N) is 1. The third-order valence-electron chi connectivity index (χ3n) is 3.85. The quantitative estimate of drug-likeness (QED) is 0.683. The van der Waals surface area contributed by atoms with E-state index in [9.17, 15) is 0 Å². The molecule has 1 aliphatic heterocycles. The zero-order valence-electron chi connectivity index (χ0n) is 11.6. The number of halogens is 1. The number of hydrogen-bond donors (Lipinski definition) is 0. The Bertz CT molecular complexity index is 563. The molecular weight excluding hydrogens is 334 g/mol. The maximum absolute atomic E-state index is 6.01. The van der Waals surface area contributed by atoms with Gasteiger partial charge in [-0.1, -0.05) is 0 Å². The Morgan fingerprint density at radius 1 is 1.15 bits per heavy atom. The molecule has 1 aliphatic rings. The summed E-state index contributed by atoms with van der Waals surface area (Å²) >= 11 is 5.36. The molecule has 0 radical (unpaired) electrons. The van der Waals surface area contributed by atoms with Gasteiger partial charge in [0.1, 0.15) is 5.75 Å². The van der Waals surface area contributed by atoms with Crippen LogP contribution in [-0.4, -0.2) is 31.1 Å². The normalized spacial score (nSPS) is 16.1. The fraction of sp³-hybridized carbons (Fsp3) is 0.500. The Morgan fingerprint density at radius 2 is 2.00 bits per heavy atom. The summed E-state index contributed by atoms with van der Waals surface area (Å²) in [7, 11) is 0. The van der Waals surface area contributed by atoms with E-state index in [4.69, 9.17) is 4.74 Å². The van der Waals surface area contributed by atoms with E-state index in [1.165, 1.54) is 49.0 Å². The molecule has 2 nitrogen and oxygen atoms in total. The summed E-state index contributed by atoms with van der Waals surface area (Å²) in [5.41, 5.74) is 0. The van der Waals surface area contributed by atoms with Crippen molar-refractivity contribution >= 4 is 37.4 Å². The molecular formula is C16H20BrNOS. The first-order valence-corrected chi connectivity index (χ1v) is 9.03. The highest BCUT2D eigenvalue weighted by Gasteiger charge is 2.11. The van der Waals surface area contributed by atoms with Crippen molar-refractivity contribution in [3.63, 3.8) is 0 Å². The average molecular weight is 354 g/mol. The second kappa shape index (κ2) is 6.92. The molecule has 1 aromatic heterocycles. The highest BCUT2D eigenvalue weighted by atomic mass is 79.9. The highest BCUT2D eigenvalue weighted by molar-refractivity contribution is 9.10. The second-order valence-electron chi connectivity index (χ2n) is 5.31. The van der Waals surface area contributed by atoms with E-state index in [1.54, 1.807) is 11.3 Å². The van der Waals surface area contributed by atoms with Crippen molar-refractivity contribution in [2.24, 2.45) is 0 Å². The van der Waals surface area contributed by atoms with Gasteiger partial charge in [0, 0.05) is 10.1 Å². The van der Waals surface area contributed by atoms with Crippen molar-refractivity contribution in [2.45, 2.75) is 25.7 Å². The van der Waals surface area contributed by atoms with E-state index in [1.807, 2.05) is 0 Å². The molecule has 4 heteroatoms. The molecule has 1 aromatic carbocycles. The van der Waals surface area contributed by atoms with Gasteiger partial charge >= 0.3 is 0 Å². The van der Waals surface area contributed by atoms with Crippen molar-refractivity contribution in [2.75, 3.05) is 26.2 Å². The van der Waals surface area contributed by atoms with Gasteiger partial charge in [0.15, 0.2) is 0 Å². The van der Waals surface area contributed by atoms with Crippen molar-refractivity contribution in [3.05, 3.63) is 28.1 Å². The summed E-state index contributed by atoms with van der Waals surface area (Å²) in [5, 5.41) is 3.35. The smallest absolute Gasteiger partial charge is 0.142 e. The standard InChI is InChI=1S/C16H20BrNOS/c17-14-5-6-15-13(7-12-20-15)16(14)19-11-4-3-10-18-8-1-2-9-18/h5-7,12H,1-4,8-11H2. The van der Waals surface area contributed by atoms with Crippen LogP contribution in [0.5, 0.6) is 5.75 Å². The third kappa shape index (κ3) is 3.35. The molecule has 2 heterocycles. The molecule has 20 heavy (non-hydrogen) atoms. The zero-order valence-corrected chi connectivity index (χ0v) is 14.0. The van der Waals surface area contributed by atoms with E-state index >= 15 is 0 Å². The van der Waals surface area contributed by atoms with E-state index in [0.717, 1.165) is 23.2 Å². The minimum absolute atomic E-state index is 0.807. The Labute approximate surface area is 132 Å². The predicted molar refractivity (Wildman–Crippen MR) is 89.9 cm³/mol. The maximum Gasteiger partial charge on any atom is 0.142 e. The van der Waals surface area contributed by atoms with Gasteiger partial charge in [0.2, 0.25) is 0 Å². The van der Waals surface area contributed by atoms with Crippen LogP contribution in [0.15, 0.2) is 28.1 Å². The molecule has 0 atom stereocenters. The summed E-state index contributed by atoms with van der Waals surface area (Å²) in [4.78, 5) is 2.56. The van der Waals surface area contributed by atoms with E-state index in [2.05, 4.69) is 44.4 Å². The van der Waals surface area contributed by atoms with E-state index < -0.39 is 0 Å². The summed E-state index contributed by atoms with van der Waals surface area (Å²) in [6.07, 6.45) is 5.12. The lowest BCUT2D eigenvalue weighted by Gasteiger charge is -2.14. The molecule has 0 saturated carbocycles. The molecule has 0 N–H and O–H groups in total. The number of rotatable bonds is 6. The maximum atomic E-state index is 6.01. The van der Waals surface area contributed by atoms with Crippen LogP contribution in [0.3, 0.4) is 0 Å². The number of likely N-dealkylation sites (tertiary alicyclic amines) is 1. The zero-order chi connectivity index (χ0) is 13.8. The molecule has 0 amide bonds. The summed E-state index contributed by atoms with van der Waals surface area (Å²) in [6, 6.07) is 6.37. The summed E-state index contributed by atoms with van der Waals surface area (Å²) < 4.78 is 8.36. The number of thiophene rings is 1. The molecule has 2 aromatic rings. The van der Waals surface area contributed by atoms with Crippen LogP contribution in [0, 0.1) is 0 Å². The van der Waals surface area contributed by atoms with Crippen LogP contribution in [0.4, 0.5) is 0 Å². The molecule has 0 spiro atoms. The van der Waals surface area contributed by atoms with Crippen molar-refractivity contribution in [1.82, 2.24) is 4.90 Å². The van der Waals surface area contributed by atoms with Crippen LogP contribution in [0.1, 0.15) is 25.7 Å². The van der Waals surface area contributed by atoms with E-state index in [-0.39, 0.29) is 0 Å². The number of benzene rings is 1. The molecule has 0 unspecified atom stereocenters. The van der Waals surface area contributed by atoms with Crippen LogP contribution in [0.25, 0.3) is 10.1 Å². The minimum Gasteiger partial charge on any atom is -0.492 e. The van der Waals surface area contributed by atoms with E-state index in [0.29, 0.717) is 0 Å². The molecule has 0 aliphatic carbocycles. The van der Waals surface area contributed by atoms with Crippen molar-refractivity contribution < 1.29 is 4.74 Å². The molecule has 1 fully saturated rings. The summed E-state index contributed by atoms with van der Waals surface area (Å²) in [5.74, 6) is 1.00. The first kappa shape index (κ1) is 14.4. The van der Waals surface area contributed by atoms with Gasteiger partial charge < -0.3 is 9.64 Å². The first-order valence-electron chi connectivity index (χ1n) is 7.35. The lowest BCUT2D eigenvalue weighted by Crippen LogP contribution is -2.20. The Balaban J connectivity index is 1.49. The molecule has 1 saturated heterocycles. The fourth-order valence-corrected chi connectivity index (χ4v) is 4.00. The fourth-order valence-electron chi connectivity index (χ4n) is 2.76. The second-order valence-corrected chi connectivity index (χ2v) is 7.12. The van der Waals surface area contributed by atoms with Gasteiger partial charge in [-0.15, -0.1) is 11.3 Å². The monoisotopic (exact) mass is 353 g/mol.